The van der Waals surface area contributed by atoms with E-state index in [1.54, 1.807) is 6.07 Å². The van der Waals surface area contributed by atoms with Crippen LogP contribution in [0.4, 0.5) is 13.2 Å². The Morgan fingerprint density at radius 3 is 2.05 bits per heavy atom. The number of benzene rings is 2. The Bertz CT molecular complexity index is 565. The molecule has 2 rings (SSSR count). The average molecular weight is 424 g/mol. The highest BCUT2D eigenvalue weighted by Gasteiger charge is 2.30. The third-order valence-corrected chi connectivity index (χ3v) is 4.07. The van der Waals surface area contributed by atoms with Crippen molar-refractivity contribution in [3.8, 4) is 0 Å². The molecule has 0 atom stereocenters. The quantitative estimate of drug-likeness (QED) is 0.484. The standard InChI is InChI=1S/C8H6BrF3.C8H9Br/c9-5-6-2-1-3-7(4-6)8(10,11)12;1-7-4-2-3-5-8(7)6-9/h1-4H,5H2;2-5H,6H2,1H3. The van der Waals surface area contributed by atoms with Gasteiger partial charge in [-0.1, -0.05) is 74.3 Å². The van der Waals surface area contributed by atoms with Gasteiger partial charge in [0.15, 0.2) is 0 Å². The van der Waals surface area contributed by atoms with Crippen molar-refractivity contribution in [2.24, 2.45) is 0 Å². The van der Waals surface area contributed by atoms with E-state index in [-0.39, 0.29) is 0 Å². The molecular formula is C16H15Br2F3. The molecule has 2 aromatic carbocycles. The fourth-order valence-electron chi connectivity index (χ4n) is 1.59. The molecule has 0 amide bonds. The van der Waals surface area contributed by atoms with Crippen molar-refractivity contribution in [2.75, 3.05) is 0 Å². The van der Waals surface area contributed by atoms with Gasteiger partial charge in [-0.2, -0.15) is 13.2 Å². The summed E-state index contributed by atoms with van der Waals surface area (Å²) in [4.78, 5) is 0. The third kappa shape index (κ3) is 6.22. The van der Waals surface area contributed by atoms with E-state index in [1.807, 2.05) is 0 Å². The second-order valence-corrected chi connectivity index (χ2v) is 5.51. The maximum absolute atomic E-state index is 12.1. The van der Waals surface area contributed by atoms with Gasteiger partial charge < -0.3 is 0 Å². The lowest BCUT2D eigenvalue weighted by atomic mass is 10.1. The van der Waals surface area contributed by atoms with Gasteiger partial charge in [0, 0.05) is 10.7 Å². The monoisotopic (exact) mass is 422 g/mol. The zero-order chi connectivity index (χ0) is 15.9. The first kappa shape index (κ1) is 18.2. The molecule has 0 N–H and O–H groups in total. The molecule has 0 saturated carbocycles. The Morgan fingerprint density at radius 1 is 0.905 bits per heavy atom. The molecule has 0 saturated heterocycles. The van der Waals surface area contributed by atoms with Crippen molar-refractivity contribution >= 4 is 31.9 Å². The number of hydrogen-bond donors (Lipinski definition) is 0. The van der Waals surface area contributed by atoms with Crippen LogP contribution in [0.5, 0.6) is 0 Å². The molecular weight excluding hydrogens is 409 g/mol. The van der Waals surface area contributed by atoms with Crippen LogP contribution in [0.3, 0.4) is 0 Å². The predicted molar refractivity (Wildman–Crippen MR) is 87.9 cm³/mol. The minimum Gasteiger partial charge on any atom is -0.166 e. The van der Waals surface area contributed by atoms with Crippen molar-refractivity contribution < 1.29 is 13.2 Å². The van der Waals surface area contributed by atoms with Gasteiger partial charge in [-0.25, -0.2) is 0 Å². The summed E-state index contributed by atoms with van der Waals surface area (Å²) in [5.41, 5.74) is 2.76. The fraction of sp³-hybridized carbons (Fsp3) is 0.250. The summed E-state index contributed by atoms with van der Waals surface area (Å²) in [6.07, 6.45) is -4.24. The Labute approximate surface area is 139 Å². The summed E-state index contributed by atoms with van der Waals surface area (Å²) in [5.74, 6) is 0. The van der Waals surface area contributed by atoms with E-state index in [0.29, 0.717) is 10.9 Å². The van der Waals surface area contributed by atoms with Crippen molar-refractivity contribution in [3.05, 3.63) is 70.8 Å². The van der Waals surface area contributed by atoms with Gasteiger partial charge in [0.25, 0.3) is 0 Å². The van der Waals surface area contributed by atoms with Crippen LogP contribution in [0, 0.1) is 6.92 Å². The van der Waals surface area contributed by atoms with Crippen molar-refractivity contribution in [1.29, 1.82) is 0 Å². The van der Waals surface area contributed by atoms with Gasteiger partial charge in [0.2, 0.25) is 0 Å². The lowest BCUT2D eigenvalue weighted by Crippen LogP contribution is -2.04. The molecule has 0 nitrogen and oxygen atoms in total. The SMILES string of the molecule is Cc1ccccc1CBr.FC(F)(F)c1cccc(CBr)c1. The van der Waals surface area contributed by atoms with E-state index in [4.69, 9.17) is 0 Å². The third-order valence-electron chi connectivity index (χ3n) is 2.81. The maximum Gasteiger partial charge on any atom is 0.416 e. The van der Waals surface area contributed by atoms with Crippen LogP contribution in [0.1, 0.15) is 22.3 Å². The highest BCUT2D eigenvalue weighted by molar-refractivity contribution is 9.08. The minimum absolute atomic E-state index is 0.441. The van der Waals surface area contributed by atoms with Crippen LogP contribution in [0.2, 0.25) is 0 Å². The summed E-state index contributed by atoms with van der Waals surface area (Å²) in [6.45, 7) is 2.12. The van der Waals surface area contributed by atoms with Crippen molar-refractivity contribution in [2.45, 2.75) is 23.8 Å². The molecule has 0 unspecified atom stereocenters. The van der Waals surface area contributed by atoms with E-state index >= 15 is 0 Å². The van der Waals surface area contributed by atoms with Gasteiger partial charge >= 0.3 is 6.18 Å². The van der Waals surface area contributed by atoms with Gasteiger partial charge in [-0.15, -0.1) is 0 Å². The highest BCUT2D eigenvalue weighted by atomic mass is 79.9. The van der Waals surface area contributed by atoms with Crippen LogP contribution in [-0.4, -0.2) is 0 Å². The lowest BCUT2D eigenvalue weighted by Gasteiger charge is -2.06. The molecule has 114 valence electrons. The molecule has 0 aliphatic heterocycles. The lowest BCUT2D eigenvalue weighted by molar-refractivity contribution is -0.137. The fourth-order valence-corrected chi connectivity index (χ4v) is 2.57. The first-order valence-electron chi connectivity index (χ1n) is 6.21. The first-order chi connectivity index (χ1) is 9.88. The highest BCUT2D eigenvalue weighted by Crippen LogP contribution is 2.29. The van der Waals surface area contributed by atoms with Crippen LogP contribution < -0.4 is 0 Å². The van der Waals surface area contributed by atoms with E-state index < -0.39 is 11.7 Å². The summed E-state index contributed by atoms with van der Waals surface area (Å²) in [7, 11) is 0. The summed E-state index contributed by atoms with van der Waals surface area (Å²) < 4.78 is 36.3. The van der Waals surface area contributed by atoms with E-state index in [1.165, 1.54) is 17.2 Å². The van der Waals surface area contributed by atoms with Crippen LogP contribution in [0.15, 0.2) is 48.5 Å². The number of alkyl halides is 5. The number of halogens is 5. The minimum atomic E-state index is -4.24. The van der Waals surface area contributed by atoms with Gasteiger partial charge in [0.05, 0.1) is 5.56 Å². The first-order valence-corrected chi connectivity index (χ1v) is 8.45. The molecule has 2 aromatic rings. The van der Waals surface area contributed by atoms with Crippen molar-refractivity contribution in [1.82, 2.24) is 0 Å². The largest absolute Gasteiger partial charge is 0.416 e. The van der Waals surface area contributed by atoms with Crippen LogP contribution >= 0.6 is 31.9 Å². The summed E-state index contributed by atoms with van der Waals surface area (Å²) >= 11 is 6.50. The molecule has 0 spiro atoms. The Balaban J connectivity index is 0.000000219. The zero-order valence-corrected chi connectivity index (χ0v) is 14.6. The Morgan fingerprint density at radius 2 is 1.57 bits per heavy atom. The Kier molecular flexibility index (Phi) is 7.46. The molecule has 0 radical (unpaired) electrons. The van der Waals surface area contributed by atoms with Crippen LogP contribution in [-0.2, 0) is 16.8 Å². The average Bonchev–Trinajstić information content (AvgIpc) is 2.47. The van der Waals surface area contributed by atoms with Crippen LogP contribution in [0.25, 0.3) is 0 Å². The maximum atomic E-state index is 12.1. The molecule has 0 heterocycles. The number of aryl methyl sites for hydroxylation is 1. The molecule has 0 bridgehead atoms. The smallest absolute Gasteiger partial charge is 0.166 e. The van der Waals surface area contributed by atoms with E-state index in [2.05, 4.69) is 63.0 Å². The molecule has 0 aliphatic carbocycles. The second kappa shape index (κ2) is 8.59. The molecule has 0 aliphatic rings. The normalized spacial score (nSPS) is 10.8. The molecule has 5 heteroatoms. The molecule has 21 heavy (non-hydrogen) atoms. The van der Waals surface area contributed by atoms with Gasteiger partial charge in [-0.3, -0.25) is 0 Å². The second-order valence-electron chi connectivity index (χ2n) is 4.39. The van der Waals surface area contributed by atoms with Crippen molar-refractivity contribution in [3.63, 3.8) is 0 Å². The summed E-state index contributed by atoms with van der Waals surface area (Å²) in [5, 5.41) is 1.40. The Hall–Kier alpha value is -0.810. The zero-order valence-electron chi connectivity index (χ0n) is 11.4. The van der Waals surface area contributed by atoms with Gasteiger partial charge in [0.1, 0.15) is 0 Å². The van der Waals surface area contributed by atoms with Gasteiger partial charge in [-0.05, 0) is 29.7 Å². The topological polar surface area (TPSA) is 0 Å². The molecule has 0 aromatic heterocycles. The van der Waals surface area contributed by atoms with E-state index in [9.17, 15) is 13.2 Å². The number of hydrogen-bond acceptors (Lipinski definition) is 0. The predicted octanol–water partition coefficient (Wildman–Crippen LogP) is 6.49. The molecule has 0 fully saturated rings. The van der Waals surface area contributed by atoms with E-state index in [0.717, 1.165) is 17.5 Å². The summed E-state index contributed by atoms with van der Waals surface area (Å²) in [6, 6.07) is 13.6. The number of rotatable bonds is 2.